The highest BCUT2D eigenvalue weighted by Crippen LogP contribution is 2.53. The van der Waals surface area contributed by atoms with E-state index >= 15 is 0 Å². The topological polar surface area (TPSA) is 3.24 Å². The Balaban J connectivity index is 1.27. The van der Waals surface area contributed by atoms with Crippen LogP contribution in [0.25, 0.3) is 66.4 Å². The quantitative estimate of drug-likeness (QED) is 0.159. The molecule has 266 valence electrons. The summed E-state index contributed by atoms with van der Waals surface area (Å²) in [5.74, 6) is 0. The summed E-state index contributed by atoms with van der Waals surface area (Å²) in [6.45, 7) is 4.73. The molecule has 0 saturated carbocycles. The van der Waals surface area contributed by atoms with Gasteiger partial charge in [0.25, 0.3) is 0 Å². The van der Waals surface area contributed by atoms with Crippen LogP contribution in [0.3, 0.4) is 0 Å². The molecule has 0 atom stereocenters. The summed E-state index contributed by atoms with van der Waals surface area (Å²) < 4.78 is 0. The van der Waals surface area contributed by atoms with Gasteiger partial charge in [-0.2, -0.15) is 0 Å². The number of hydrogen-bond acceptors (Lipinski definition) is 1. The highest BCUT2D eigenvalue weighted by atomic mass is 15.1. The van der Waals surface area contributed by atoms with Crippen molar-refractivity contribution in [2.45, 2.75) is 19.3 Å². The molecule has 0 radical (unpaired) electrons. The average Bonchev–Trinajstić information content (AvgIpc) is 3.49. The van der Waals surface area contributed by atoms with Gasteiger partial charge >= 0.3 is 0 Å². The molecule has 0 N–H and O–H groups in total. The molecule has 1 aliphatic rings. The van der Waals surface area contributed by atoms with Crippen molar-refractivity contribution in [1.82, 2.24) is 0 Å². The van der Waals surface area contributed by atoms with Crippen molar-refractivity contribution >= 4 is 27.8 Å². The molecule has 0 bridgehead atoms. The van der Waals surface area contributed by atoms with Gasteiger partial charge in [-0.1, -0.05) is 196 Å². The molecule has 0 saturated heterocycles. The monoisotopic (exact) mass is 715 g/mol. The van der Waals surface area contributed by atoms with Crippen molar-refractivity contribution in [2.24, 2.45) is 0 Å². The van der Waals surface area contributed by atoms with Crippen molar-refractivity contribution in [3.8, 4) is 55.6 Å². The fourth-order valence-corrected chi connectivity index (χ4v) is 8.96. The Morgan fingerprint density at radius 3 is 1.66 bits per heavy atom. The molecule has 0 fully saturated rings. The van der Waals surface area contributed by atoms with Crippen LogP contribution in [-0.2, 0) is 5.41 Å². The molecule has 0 aromatic heterocycles. The van der Waals surface area contributed by atoms with Gasteiger partial charge in [0, 0.05) is 22.4 Å². The number of hydrogen-bond donors (Lipinski definition) is 0. The molecule has 0 spiro atoms. The van der Waals surface area contributed by atoms with E-state index in [2.05, 4.69) is 231 Å². The van der Waals surface area contributed by atoms with Crippen molar-refractivity contribution in [3.63, 3.8) is 0 Å². The summed E-state index contributed by atoms with van der Waals surface area (Å²) in [5, 5.41) is 2.47. The zero-order chi connectivity index (χ0) is 37.6. The summed E-state index contributed by atoms with van der Waals surface area (Å²) in [7, 11) is 0. The summed E-state index contributed by atoms with van der Waals surface area (Å²) in [5.41, 5.74) is 18.2. The third-order valence-electron chi connectivity index (χ3n) is 11.7. The van der Waals surface area contributed by atoms with E-state index in [1.165, 1.54) is 77.5 Å². The third kappa shape index (κ3) is 5.63. The Kier molecular flexibility index (Phi) is 8.23. The Morgan fingerprint density at radius 2 is 0.875 bits per heavy atom. The summed E-state index contributed by atoms with van der Waals surface area (Å²) in [4.78, 5) is 2.49. The lowest BCUT2D eigenvalue weighted by molar-refractivity contribution is 0.660. The van der Waals surface area contributed by atoms with Crippen LogP contribution in [0, 0.1) is 0 Å². The van der Waals surface area contributed by atoms with Gasteiger partial charge in [0.15, 0.2) is 0 Å². The first-order valence-electron chi connectivity index (χ1n) is 19.5. The maximum absolute atomic E-state index is 2.49. The Labute approximate surface area is 329 Å². The second-order valence-corrected chi connectivity index (χ2v) is 15.3. The fraction of sp³-hybridized carbons (Fsp3) is 0.0545. The van der Waals surface area contributed by atoms with Crippen LogP contribution >= 0.6 is 0 Å². The smallest absolute Gasteiger partial charge is 0.0546 e. The minimum absolute atomic E-state index is 0.141. The van der Waals surface area contributed by atoms with Crippen LogP contribution in [0.15, 0.2) is 212 Å². The molecule has 1 heteroatoms. The number of nitrogens with zero attached hydrogens (tertiary/aromatic N) is 1. The van der Waals surface area contributed by atoms with Gasteiger partial charge < -0.3 is 4.90 Å². The van der Waals surface area contributed by atoms with E-state index in [1.54, 1.807) is 0 Å². The van der Waals surface area contributed by atoms with Gasteiger partial charge in [-0.25, -0.2) is 0 Å². The normalized spacial score (nSPS) is 12.6. The lowest BCUT2D eigenvalue weighted by Crippen LogP contribution is -2.17. The largest absolute Gasteiger partial charge is 0.310 e. The first-order chi connectivity index (χ1) is 27.6. The highest BCUT2D eigenvalue weighted by Gasteiger charge is 2.36. The van der Waals surface area contributed by atoms with E-state index in [0.717, 1.165) is 17.1 Å². The van der Waals surface area contributed by atoms with Gasteiger partial charge in [-0.15, -0.1) is 0 Å². The van der Waals surface area contributed by atoms with E-state index < -0.39 is 0 Å². The molecular formula is C55H41N. The summed E-state index contributed by atoms with van der Waals surface area (Å²) in [6.07, 6.45) is 0. The van der Waals surface area contributed by atoms with E-state index in [4.69, 9.17) is 0 Å². The number of benzene rings is 9. The third-order valence-corrected chi connectivity index (χ3v) is 11.7. The first-order valence-corrected chi connectivity index (χ1v) is 19.5. The summed E-state index contributed by atoms with van der Waals surface area (Å²) >= 11 is 0. The average molecular weight is 716 g/mol. The van der Waals surface area contributed by atoms with Crippen LogP contribution < -0.4 is 4.90 Å². The molecule has 0 unspecified atom stereocenters. The second kappa shape index (κ2) is 13.7. The Hall–Kier alpha value is -6.96. The Bertz CT molecular complexity index is 2860. The zero-order valence-electron chi connectivity index (χ0n) is 31.7. The predicted molar refractivity (Wildman–Crippen MR) is 238 cm³/mol. The fourth-order valence-electron chi connectivity index (χ4n) is 8.96. The van der Waals surface area contributed by atoms with Gasteiger partial charge in [-0.3, -0.25) is 0 Å². The minimum Gasteiger partial charge on any atom is -0.310 e. The van der Waals surface area contributed by atoms with Crippen LogP contribution in [0.2, 0.25) is 0 Å². The zero-order valence-corrected chi connectivity index (χ0v) is 31.7. The number of anilines is 3. The van der Waals surface area contributed by atoms with E-state index in [1.807, 2.05) is 0 Å². The van der Waals surface area contributed by atoms with Crippen molar-refractivity contribution < 1.29 is 0 Å². The molecule has 10 rings (SSSR count). The minimum atomic E-state index is -0.141. The molecule has 9 aromatic carbocycles. The standard InChI is InChI=1S/C55H41N/c1-55(2)51-29-14-13-25-47(51)48-36-35-43(37-52(48)55)56(42-33-31-39(32-34-42)38-17-5-3-6-18-38)53-30-16-28-50(46-27-15-22-41-21-9-10-23-44(41)46)54(53)49-26-12-11-24-45(49)40-19-7-4-8-20-40/h3-37H,1-2H3. The maximum atomic E-state index is 2.49. The molecule has 0 heterocycles. The molecule has 1 aliphatic carbocycles. The molecular weight excluding hydrogens is 675 g/mol. The van der Waals surface area contributed by atoms with Crippen molar-refractivity contribution in [2.75, 3.05) is 4.90 Å². The SMILES string of the molecule is CC1(C)c2ccccc2-c2ccc(N(c3ccc(-c4ccccc4)cc3)c3cccc(-c4cccc5ccccc45)c3-c3ccccc3-c3ccccc3)cc21. The number of rotatable bonds is 7. The van der Waals surface area contributed by atoms with Crippen LogP contribution in [0.5, 0.6) is 0 Å². The molecule has 0 amide bonds. The molecule has 56 heavy (non-hydrogen) atoms. The van der Waals surface area contributed by atoms with Gasteiger partial charge in [-0.05, 0) is 102 Å². The lowest BCUT2D eigenvalue weighted by Gasteiger charge is -2.31. The predicted octanol–water partition coefficient (Wildman–Crippen LogP) is 15.3. The maximum Gasteiger partial charge on any atom is 0.0546 e. The number of fused-ring (bicyclic) bond motifs is 4. The van der Waals surface area contributed by atoms with Crippen molar-refractivity contribution in [3.05, 3.63) is 223 Å². The summed E-state index contributed by atoms with van der Waals surface area (Å²) in [6, 6.07) is 77.7. The van der Waals surface area contributed by atoms with Crippen LogP contribution in [-0.4, -0.2) is 0 Å². The van der Waals surface area contributed by atoms with Gasteiger partial charge in [0.05, 0.1) is 5.69 Å². The van der Waals surface area contributed by atoms with E-state index in [0.29, 0.717) is 0 Å². The Morgan fingerprint density at radius 1 is 0.339 bits per heavy atom. The highest BCUT2D eigenvalue weighted by molar-refractivity contribution is 6.06. The molecule has 9 aromatic rings. The molecule has 1 nitrogen and oxygen atoms in total. The van der Waals surface area contributed by atoms with Crippen molar-refractivity contribution in [1.29, 1.82) is 0 Å². The van der Waals surface area contributed by atoms with Crippen LogP contribution in [0.1, 0.15) is 25.0 Å². The van der Waals surface area contributed by atoms with Crippen LogP contribution in [0.4, 0.5) is 17.1 Å². The first kappa shape index (κ1) is 33.6. The van der Waals surface area contributed by atoms with E-state index in [9.17, 15) is 0 Å². The van der Waals surface area contributed by atoms with E-state index in [-0.39, 0.29) is 5.41 Å². The lowest BCUT2D eigenvalue weighted by atomic mass is 9.82. The van der Waals surface area contributed by atoms with Gasteiger partial charge in [0.2, 0.25) is 0 Å². The molecule has 0 aliphatic heterocycles. The van der Waals surface area contributed by atoms with Gasteiger partial charge in [0.1, 0.15) is 0 Å². The second-order valence-electron chi connectivity index (χ2n) is 15.3.